The fourth-order valence-corrected chi connectivity index (χ4v) is 2.31. The van der Waals surface area contributed by atoms with Crippen molar-refractivity contribution >= 4 is 34.9 Å². The van der Waals surface area contributed by atoms with Gasteiger partial charge in [-0.25, -0.2) is 9.78 Å². The summed E-state index contributed by atoms with van der Waals surface area (Å²) in [5, 5.41) is 16.4. The number of carbonyl (C=O) groups excluding carboxylic acids is 2. The van der Waals surface area contributed by atoms with Gasteiger partial charge in [0.25, 0.3) is 0 Å². The number of Topliss-reactive ketones (excluding diaryl/α,β-unsaturated/α-hetero) is 1. The second-order valence-corrected chi connectivity index (χ2v) is 5.49. The Hall–Kier alpha value is -3.69. The van der Waals surface area contributed by atoms with E-state index in [2.05, 4.69) is 15.6 Å². The summed E-state index contributed by atoms with van der Waals surface area (Å²) in [5.74, 6) is -0.559. The van der Waals surface area contributed by atoms with Gasteiger partial charge in [0.2, 0.25) is 5.82 Å². The summed E-state index contributed by atoms with van der Waals surface area (Å²) in [7, 11) is 0. The molecule has 1 amide bonds. The summed E-state index contributed by atoms with van der Waals surface area (Å²) in [6.45, 7) is 3.31. The van der Waals surface area contributed by atoms with E-state index in [0.717, 1.165) is 6.07 Å². The van der Waals surface area contributed by atoms with Crippen LogP contribution in [0.3, 0.4) is 0 Å². The Bertz CT molecular complexity index is 856. The molecule has 1 atom stereocenters. The molecule has 2 rings (SSSR count). The highest BCUT2D eigenvalue weighted by molar-refractivity contribution is 6.01. The Balaban J connectivity index is 2.32. The van der Waals surface area contributed by atoms with Gasteiger partial charge in [-0.1, -0.05) is 30.3 Å². The van der Waals surface area contributed by atoms with Crippen molar-refractivity contribution in [2.75, 3.05) is 23.0 Å². The summed E-state index contributed by atoms with van der Waals surface area (Å²) < 4.78 is 4.74. The standard InChI is InChI=1S/C17H19N5O5/c1-3-27-17(24)21-13-9-12(18)14(22(25)26)16(20-13)19-10(2)15(23)11-7-5-4-6-8-11/h4-10H,3H2,1-2H3,(H4,18,19,20,21,24)/t10-/m0/s1. The molecule has 142 valence electrons. The molecule has 1 heterocycles. The van der Waals surface area contributed by atoms with Gasteiger partial charge in [0.05, 0.1) is 17.6 Å². The number of amides is 1. The van der Waals surface area contributed by atoms with Crippen molar-refractivity contribution in [3.63, 3.8) is 0 Å². The van der Waals surface area contributed by atoms with Crippen molar-refractivity contribution < 1.29 is 19.2 Å². The number of carbonyl (C=O) groups is 2. The number of ketones is 1. The lowest BCUT2D eigenvalue weighted by Crippen LogP contribution is -2.27. The first-order valence-electron chi connectivity index (χ1n) is 8.08. The van der Waals surface area contributed by atoms with E-state index in [4.69, 9.17) is 10.5 Å². The van der Waals surface area contributed by atoms with Gasteiger partial charge in [-0.3, -0.25) is 20.2 Å². The second kappa shape index (κ2) is 8.61. The van der Waals surface area contributed by atoms with Gasteiger partial charge in [0.1, 0.15) is 11.5 Å². The summed E-state index contributed by atoms with van der Waals surface area (Å²) in [5.41, 5.74) is 5.47. The SMILES string of the molecule is CCOC(=O)Nc1cc(N)c([N+](=O)[O-])c(N[C@@H](C)C(=O)c2ccccc2)n1. The fourth-order valence-electron chi connectivity index (χ4n) is 2.31. The molecule has 27 heavy (non-hydrogen) atoms. The van der Waals surface area contributed by atoms with E-state index in [1.807, 2.05) is 0 Å². The lowest BCUT2D eigenvalue weighted by Gasteiger charge is -2.15. The molecule has 4 N–H and O–H groups in total. The molecule has 0 unspecified atom stereocenters. The molecular weight excluding hydrogens is 354 g/mol. The van der Waals surface area contributed by atoms with Crippen molar-refractivity contribution in [3.05, 3.63) is 52.1 Å². The number of nitro groups is 1. The predicted octanol–water partition coefficient (Wildman–Crippen LogP) is 2.82. The predicted molar refractivity (Wildman–Crippen MR) is 99.8 cm³/mol. The molecule has 1 aromatic carbocycles. The third-order valence-electron chi connectivity index (χ3n) is 3.52. The molecule has 0 aliphatic rings. The van der Waals surface area contributed by atoms with Crippen LogP contribution < -0.4 is 16.4 Å². The Morgan fingerprint density at radius 1 is 1.33 bits per heavy atom. The normalized spacial score (nSPS) is 11.3. The molecule has 1 aromatic heterocycles. The van der Waals surface area contributed by atoms with Gasteiger partial charge in [-0.15, -0.1) is 0 Å². The van der Waals surface area contributed by atoms with E-state index in [1.54, 1.807) is 44.2 Å². The highest BCUT2D eigenvalue weighted by Crippen LogP contribution is 2.32. The van der Waals surface area contributed by atoms with Gasteiger partial charge in [0.15, 0.2) is 5.78 Å². The second-order valence-electron chi connectivity index (χ2n) is 5.49. The molecule has 0 aliphatic carbocycles. The minimum absolute atomic E-state index is 0.0431. The Morgan fingerprint density at radius 2 is 2.00 bits per heavy atom. The minimum Gasteiger partial charge on any atom is -0.450 e. The van der Waals surface area contributed by atoms with Gasteiger partial charge < -0.3 is 15.8 Å². The Labute approximate surface area is 154 Å². The zero-order chi connectivity index (χ0) is 20.0. The molecule has 0 fully saturated rings. The maximum absolute atomic E-state index is 12.5. The van der Waals surface area contributed by atoms with E-state index >= 15 is 0 Å². The highest BCUT2D eigenvalue weighted by atomic mass is 16.6. The molecule has 10 nitrogen and oxygen atoms in total. The van der Waals surface area contributed by atoms with Crippen LogP contribution >= 0.6 is 0 Å². The number of aromatic nitrogens is 1. The molecule has 0 bridgehead atoms. The molecule has 2 aromatic rings. The summed E-state index contributed by atoms with van der Waals surface area (Å²) >= 11 is 0. The van der Waals surface area contributed by atoms with Crippen LogP contribution in [0.4, 0.5) is 27.8 Å². The van der Waals surface area contributed by atoms with E-state index in [1.165, 1.54) is 0 Å². The number of nitrogens with two attached hydrogens (primary N) is 1. The number of hydrogen-bond donors (Lipinski definition) is 3. The number of ether oxygens (including phenoxy) is 1. The lowest BCUT2D eigenvalue weighted by atomic mass is 10.1. The van der Waals surface area contributed by atoms with Gasteiger partial charge >= 0.3 is 11.8 Å². The molecule has 0 radical (unpaired) electrons. The van der Waals surface area contributed by atoms with Crippen molar-refractivity contribution in [2.24, 2.45) is 0 Å². The van der Waals surface area contributed by atoms with Gasteiger partial charge in [0, 0.05) is 11.6 Å². The van der Waals surface area contributed by atoms with Crippen LogP contribution in [0.5, 0.6) is 0 Å². The lowest BCUT2D eigenvalue weighted by molar-refractivity contribution is -0.383. The molecule has 0 saturated heterocycles. The topological polar surface area (TPSA) is 149 Å². The van der Waals surface area contributed by atoms with Crippen LogP contribution in [0.25, 0.3) is 0 Å². The van der Waals surface area contributed by atoms with Crippen LogP contribution in [0.2, 0.25) is 0 Å². The smallest absolute Gasteiger partial charge is 0.412 e. The molecule has 0 saturated carbocycles. The van der Waals surface area contributed by atoms with E-state index in [-0.39, 0.29) is 29.7 Å². The molecule has 0 spiro atoms. The van der Waals surface area contributed by atoms with E-state index in [0.29, 0.717) is 5.56 Å². The number of nitrogen functional groups attached to an aromatic ring is 1. The highest BCUT2D eigenvalue weighted by Gasteiger charge is 2.25. The zero-order valence-electron chi connectivity index (χ0n) is 14.8. The number of nitrogens with zero attached hydrogens (tertiary/aromatic N) is 2. The third-order valence-corrected chi connectivity index (χ3v) is 3.52. The van der Waals surface area contributed by atoms with Crippen LogP contribution in [0.15, 0.2) is 36.4 Å². The van der Waals surface area contributed by atoms with Crippen molar-refractivity contribution in [1.29, 1.82) is 0 Å². The number of anilines is 3. The summed E-state index contributed by atoms with van der Waals surface area (Å²) in [6.07, 6.45) is -0.780. The molecular formula is C17H19N5O5. The number of benzene rings is 1. The largest absolute Gasteiger partial charge is 0.450 e. The average molecular weight is 373 g/mol. The Kier molecular flexibility index (Phi) is 6.26. The van der Waals surface area contributed by atoms with Crippen molar-refractivity contribution in [1.82, 2.24) is 4.98 Å². The van der Waals surface area contributed by atoms with E-state index in [9.17, 15) is 19.7 Å². The third kappa shape index (κ3) is 4.91. The van der Waals surface area contributed by atoms with Crippen LogP contribution in [-0.4, -0.2) is 34.4 Å². The zero-order valence-corrected chi connectivity index (χ0v) is 14.8. The van der Waals surface area contributed by atoms with Crippen molar-refractivity contribution in [2.45, 2.75) is 19.9 Å². The minimum atomic E-state index is -0.823. The first-order chi connectivity index (χ1) is 12.8. The van der Waals surface area contributed by atoms with Crippen LogP contribution in [0, 0.1) is 10.1 Å². The molecule has 10 heteroatoms. The number of nitrogens with one attached hydrogen (secondary N) is 2. The summed E-state index contributed by atoms with van der Waals surface area (Å²) in [4.78, 5) is 38.7. The van der Waals surface area contributed by atoms with Gasteiger partial charge in [-0.05, 0) is 13.8 Å². The van der Waals surface area contributed by atoms with Crippen molar-refractivity contribution in [3.8, 4) is 0 Å². The average Bonchev–Trinajstić information content (AvgIpc) is 2.61. The Morgan fingerprint density at radius 3 is 2.59 bits per heavy atom. The summed E-state index contributed by atoms with van der Waals surface area (Å²) in [6, 6.07) is 8.78. The monoisotopic (exact) mass is 373 g/mol. The first-order valence-corrected chi connectivity index (χ1v) is 8.08. The maximum atomic E-state index is 12.5. The number of hydrogen-bond acceptors (Lipinski definition) is 8. The van der Waals surface area contributed by atoms with E-state index < -0.39 is 22.7 Å². The first kappa shape index (κ1) is 19.6. The van der Waals surface area contributed by atoms with Gasteiger partial charge in [-0.2, -0.15) is 0 Å². The molecule has 0 aliphatic heterocycles. The number of rotatable bonds is 7. The van der Waals surface area contributed by atoms with Crippen LogP contribution in [0.1, 0.15) is 24.2 Å². The maximum Gasteiger partial charge on any atom is 0.412 e. The quantitative estimate of drug-likeness (QED) is 0.381. The fraction of sp³-hybridized carbons (Fsp3) is 0.235. The number of pyridine rings is 1. The van der Waals surface area contributed by atoms with Crippen LogP contribution in [-0.2, 0) is 4.74 Å².